The molecule has 0 saturated heterocycles. The summed E-state index contributed by atoms with van der Waals surface area (Å²) in [5.41, 5.74) is 0.911. The molecule has 0 radical (unpaired) electrons. The Kier molecular flexibility index (Phi) is 4.78. The monoisotopic (exact) mass is 329 g/mol. The number of amides is 2. The third kappa shape index (κ3) is 3.54. The number of rotatable bonds is 3. The lowest BCUT2D eigenvalue weighted by atomic mass is 10.1. The number of benzene rings is 1. The van der Waals surface area contributed by atoms with Gasteiger partial charge in [0.25, 0.3) is 11.8 Å². The van der Waals surface area contributed by atoms with Gasteiger partial charge in [-0.2, -0.15) is 0 Å². The van der Waals surface area contributed by atoms with Crippen LogP contribution in [0.15, 0.2) is 24.3 Å². The first-order valence-corrected chi connectivity index (χ1v) is 10.6. The molecule has 5 heteroatoms. The molecule has 1 aliphatic rings. The molecule has 0 spiro atoms. The molecule has 2 rings (SSSR count). The van der Waals surface area contributed by atoms with Crippen LogP contribution in [0.3, 0.4) is 0 Å². The summed E-state index contributed by atoms with van der Waals surface area (Å²) in [6.45, 7) is 11.3. The minimum Gasteiger partial charge on any atom is -0.406 e. The molecule has 0 bridgehead atoms. The van der Waals surface area contributed by atoms with Gasteiger partial charge in [-0.3, -0.25) is 14.5 Å². The topological polar surface area (TPSA) is 46.6 Å². The Bertz CT molecular complexity index is 657. The van der Waals surface area contributed by atoms with E-state index in [2.05, 4.69) is 45.7 Å². The van der Waals surface area contributed by atoms with Crippen molar-refractivity contribution in [2.45, 2.75) is 38.9 Å². The molecule has 23 heavy (non-hydrogen) atoms. The van der Waals surface area contributed by atoms with Crippen LogP contribution in [-0.4, -0.2) is 38.2 Å². The van der Waals surface area contributed by atoms with E-state index in [4.69, 9.17) is 4.43 Å². The number of carbonyl (C=O) groups is 2. The van der Waals surface area contributed by atoms with Crippen LogP contribution in [0.25, 0.3) is 0 Å². The van der Waals surface area contributed by atoms with Crippen LogP contribution in [0.5, 0.6) is 0 Å². The molecule has 1 heterocycles. The minimum atomic E-state index is -1.82. The van der Waals surface area contributed by atoms with Crippen LogP contribution < -0.4 is 0 Å². The number of nitrogens with zero attached hydrogens (tertiary/aromatic N) is 1. The Hall–Kier alpha value is -1.90. The average Bonchev–Trinajstić information content (AvgIpc) is 2.71. The van der Waals surface area contributed by atoms with Crippen molar-refractivity contribution >= 4 is 20.1 Å². The van der Waals surface area contributed by atoms with Gasteiger partial charge < -0.3 is 4.43 Å². The second-order valence-corrected chi connectivity index (χ2v) is 12.0. The van der Waals surface area contributed by atoms with Gasteiger partial charge in [0.05, 0.1) is 24.3 Å². The van der Waals surface area contributed by atoms with E-state index < -0.39 is 8.32 Å². The van der Waals surface area contributed by atoms with Crippen LogP contribution in [0.4, 0.5) is 0 Å². The lowest BCUT2D eigenvalue weighted by molar-refractivity contribution is 0.0674. The van der Waals surface area contributed by atoms with Gasteiger partial charge in [-0.15, -0.1) is 0 Å². The summed E-state index contributed by atoms with van der Waals surface area (Å²) in [5, 5.41) is 0.136. The summed E-state index contributed by atoms with van der Waals surface area (Å²) in [6.07, 6.45) is 0. The first-order valence-electron chi connectivity index (χ1n) is 7.70. The normalized spacial score (nSPS) is 14.6. The molecule has 0 unspecified atom stereocenters. The van der Waals surface area contributed by atoms with E-state index in [1.165, 1.54) is 4.90 Å². The molecule has 4 nitrogen and oxygen atoms in total. The second kappa shape index (κ2) is 6.30. The number of hydrogen-bond acceptors (Lipinski definition) is 3. The van der Waals surface area contributed by atoms with Crippen molar-refractivity contribution in [1.82, 2.24) is 4.90 Å². The van der Waals surface area contributed by atoms with Crippen LogP contribution in [0, 0.1) is 11.8 Å². The number of imide groups is 1. The van der Waals surface area contributed by atoms with E-state index in [1.807, 2.05) is 0 Å². The molecule has 0 N–H and O–H groups in total. The van der Waals surface area contributed by atoms with E-state index in [-0.39, 0.29) is 23.4 Å². The Balaban J connectivity index is 1.94. The van der Waals surface area contributed by atoms with Crippen molar-refractivity contribution in [1.29, 1.82) is 0 Å². The van der Waals surface area contributed by atoms with Gasteiger partial charge in [0.1, 0.15) is 0 Å². The molecule has 0 aliphatic carbocycles. The average molecular weight is 329 g/mol. The summed E-state index contributed by atoms with van der Waals surface area (Å²) in [7, 11) is -1.82. The lowest BCUT2D eigenvalue weighted by Gasteiger charge is -2.35. The van der Waals surface area contributed by atoms with Crippen LogP contribution in [0.1, 0.15) is 41.5 Å². The third-order valence-electron chi connectivity index (χ3n) is 4.55. The van der Waals surface area contributed by atoms with Crippen molar-refractivity contribution in [3.8, 4) is 11.8 Å². The van der Waals surface area contributed by atoms with E-state index in [0.717, 1.165) is 0 Å². The van der Waals surface area contributed by atoms with E-state index in [0.29, 0.717) is 17.7 Å². The maximum Gasteiger partial charge on any atom is 0.262 e. The fraction of sp³-hybridized carbons (Fsp3) is 0.444. The number of hydrogen-bond donors (Lipinski definition) is 0. The maximum absolute atomic E-state index is 12.2. The highest BCUT2D eigenvalue weighted by Crippen LogP contribution is 2.36. The zero-order valence-corrected chi connectivity index (χ0v) is 15.4. The largest absolute Gasteiger partial charge is 0.406 e. The molecule has 0 atom stereocenters. The van der Waals surface area contributed by atoms with Gasteiger partial charge in [-0.25, -0.2) is 0 Å². The number of carbonyl (C=O) groups excluding carboxylic acids is 2. The highest BCUT2D eigenvalue weighted by molar-refractivity contribution is 6.74. The van der Waals surface area contributed by atoms with Gasteiger partial charge in [-0.05, 0) is 30.3 Å². The van der Waals surface area contributed by atoms with Gasteiger partial charge in [0.15, 0.2) is 8.32 Å². The Morgan fingerprint density at radius 1 is 1.04 bits per heavy atom. The Morgan fingerprint density at radius 3 is 2.04 bits per heavy atom. The van der Waals surface area contributed by atoms with E-state index in [1.54, 1.807) is 24.3 Å². The van der Waals surface area contributed by atoms with Crippen molar-refractivity contribution in [2.24, 2.45) is 0 Å². The summed E-state index contributed by atoms with van der Waals surface area (Å²) in [4.78, 5) is 25.5. The molecule has 1 aliphatic heterocycles. The van der Waals surface area contributed by atoms with Gasteiger partial charge in [-0.1, -0.05) is 44.7 Å². The standard InChI is InChI=1S/C18H23NO3Si/c1-18(2,3)23(4,5)22-13-9-8-12-19-16(20)14-10-6-7-11-15(14)17(19)21/h6-7,10-11H,12-13H2,1-5H3. The van der Waals surface area contributed by atoms with E-state index >= 15 is 0 Å². The molecule has 0 saturated carbocycles. The lowest BCUT2D eigenvalue weighted by Crippen LogP contribution is -2.40. The van der Waals surface area contributed by atoms with Crippen molar-refractivity contribution in [3.63, 3.8) is 0 Å². The van der Waals surface area contributed by atoms with Crippen LogP contribution >= 0.6 is 0 Å². The minimum absolute atomic E-state index is 0.104. The zero-order valence-electron chi connectivity index (χ0n) is 14.4. The zero-order chi connectivity index (χ0) is 17.3. The van der Waals surface area contributed by atoms with Gasteiger partial charge in [0, 0.05) is 0 Å². The van der Waals surface area contributed by atoms with Crippen LogP contribution in [-0.2, 0) is 4.43 Å². The Morgan fingerprint density at radius 2 is 1.57 bits per heavy atom. The highest BCUT2D eigenvalue weighted by atomic mass is 28.4. The van der Waals surface area contributed by atoms with Crippen LogP contribution in [0.2, 0.25) is 18.1 Å². The summed E-state index contributed by atoms with van der Waals surface area (Å²) in [5.74, 6) is 5.26. The van der Waals surface area contributed by atoms with Crippen molar-refractivity contribution < 1.29 is 14.0 Å². The maximum atomic E-state index is 12.2. The molecule has 0 aromatic heterocycles. The summed E-state index contributed by atoms with van der Waals surface area (Å²) >= 11 is 0. The molecular weight excluding hydrogens is 306 g/mol. The molecule has 2 amide bonds. The first kappa shape index (κ1) is 17.5. The van der Waals surface area contributed by atoms with Gasteiger partial charge >= 0.3 is 0 Å². The Labute approximate surface area is 139 Å². The fourth-order valence-corrected chi connectivity index (χ4v) is 2.87. The number of fused-ring (bicyclic) bond motifs is 1. The van der Waals surface area contributed by atoms with Crippen molar-refractivity contribution in [2.75, 3.05) is 13.2 Å². The van der Waals surface area contributed by atoms with Crippen molar-refractivity contribution in [3.05, 3.63) is 35.4 Å². The predicted octanol–water partition coefficient (Wildman–Crippen LogP) is 3.31. The molecule has 1 aromatic rings. The SMILES string of the molecule is CC(C)(C)[Si](C)(C)OCC#CCN1C(=O)c2ccccc2C1=O. The van der Waals surface area contributed by atoms with E-state index in [9.17, 15) is 9.59 Å². The summed E-state index contributed by atoms with van der Waals surface area (Å²) < 4.78 is 5.95. The molecule has 0 fully saturated rings. The second-order valence-electron chi connectivity index (χ2n) is 7.14. The molecule has 1 aromatic carbocycles. The predicted molar refractivity (Wildman–Crippen MR) is 92.7 cm³/mol. The smallest absolute Gasteiger partial charge is 0.262 e. The fourth-order valence-electron chi connectivity index (χ4n) is 2.00. The molecular formula is C18H23NO3Si. The third-order valence-corrected chi connectivity index (χ3v) is 9.03. The molecule has 122 valence electrons. The first-order chi connectivity index (χ1) is 10.6. The van der Waals surface area contributed by atoms with Gasteiger partial charge in [0.2, 0.25) is 0 Å². The quantitative estimate of drug-likeness (QED) is 0.485. The summed E-state index contributed by atoms with van der Waals surface area (Å²) in [6, 6.07) is 6.85. The highest BCUT2D eigenvalue weighted by Gasteiger charge is 2.37.